The molecule has 38 heavy (non-hydrogen) atoms. The first kappa shape index (κ1) is 26.4. The van der Waals surface area contributed by atoms with Crippen molar-refractivity contribution in [3.63, 3.8) is 0 Å². The lowest BCUT2D eigenvalue weighted by molar-refractivity contribution is -0.131. The van der Waals surface area contributed by atoms with Crippen LogP contribution in [0.3, 0.4) is 0 Å². The predicted molar refractivity (Wildman–Crippen MR) is 150 cm³/mol. The number of nitrogens with one attached hydrogen (secondary N) is 2. The number of ether oxygens (including phenoxy) is 1. The van der Waals surface area contributed by atoms with Gasteiger partial charge in [0.25, 0.3) is 11.8 Å². The van der Waals surface area contributed by atoms with Crippen molar-refractivity contribution in [3.05, 3.63) is 114 Å². The minimum atomic E-state index is -0.777. The number of methoxy groups -OCH3 is 1. The molecule has 4 aromatic rings. The average Bonchev–Trinajstić information content (AvgIpc) is 2.96. The van der Waals surface area contributed by atoms with Crippen molar-refractivity contribution in [2.24, 2.45) is 0 Å². The van der Waals surface area contributed by atoms with Crippen molar-refractivity contribution >= 4 is 17.5 Å². The van der Waals surface area contributed by atoms with Crippen molar-refractivity contribution in [2.45, 2.75) is 26.3 Å². The number of hydrogen-bond acceptors (Lipinski definition) is 5. The van der Waals surface area contributed by atoms with Crippen LogP contribution in [0.5, 0.6) is 5.75 Å². The molecule has 0 aliphatic rings. The minimum absolute atomic E-state index is 0.234. The number of amides is 2. The lowest BCUT2D eigenvalue weighted by Crippen LogP contribution is -2.51. The summed E-state index contributed by atoms with van der Waals surface area (Å²) < 4.78 is 5.22. The second-order valence-electron chi connectivity index (χ2n) is 8.96. The Morgan fingerprint density at radius 1 is 0.921 bits per heavy atom. The summed E-state index contributed by atoms with van der Waals surface area (Å²) in [7, 11) is 1.61. The van der Waals surface area contributed by atoms with Gasteiger partial charge in [-0.1, -0.05) is 42.0 Å². The molecule has 7 nitrogen and oxygen atoms in total. The number of carbonyl (C=O) groups is 2. The Balaban J connectivity index is 1.56. The fourth-order valence-electron chi connectivity index (χ4n) is 4.14. The van der Waals surface area contributed by atoms with E-state index >= 15 is 0 Å². The fourth-order valence-corrected chi connectivity index (χ4v) is 4.14. The van der Waals surface area contributed by atoms with E-state index in [0.717, 1.165) is 33.7 Å². The number of aromatic nitrogens is 1. The number of pyridine rings is 1. The molecule has 0 saturated carbocycles. The first-order valence-electron chi connectivity index (χ1n) is 12.6. The van der Waals surface area contributed by atoms with Gasteiger partial charge in [-0.05, 0) is 79.1 Å². The maximum atomic E-state index is 13.7. The van der Waals surface area contributed by atoms with Crippen LogP contribution < -0.4 is 15.5 Å². The number of rotatable bonds is 10. The predicted octanol–water partition coefficient (Wildman–Crippen LogP) is 5.28. The van der Waals surface area contributed by atoms with E-state index in [4.69, 9.17) is 4.74 Å². The topological polar surface area (TPSA) is 83.6 Å². The molecule has 1 heterocycles. The van der Waals surface area contributed by atoms with E-state index in [1.54, 1.807) is 25.6 Å². The molecular weight excluding hydrogens is 476 g/mol. The zero-order valence-corrected chi connectivity index (χ0v) is 21.8. The van der Waals surface area contributed by atoms with Crippen molar-refractivity contribution in [2.75, 3.05) is 19.1 Å². The maximum absolute atomic E-state index is 13.7. The lowest BCUT2D eigenvalue weighted by atomic mass is 10.0. The largest absolute Gasteiger partial charge is 0.497 e. The van der Waals surface area contributed by atoms with Crippen molar-refractivity contribution in [1.29, 1.82) is 0 Å². The van der Waals surface area contributed by atoms with Crippen LogP contribution in [0.15, 0.2) is 97.3 Å². The Kier molecular flexibility index (Phi) is 8.72. The second-order valence-corrected chi connectivity index (χ2v) is 8.96. The number of aryl methyl sites for hydroxylation is 1. The summed E-state index contributed by atoms with van der Waals surface area (Å²) in [6.07, 6.45) is 3.86. The summed E-state index contributed by atoms with van der Waals surface area (Å²) >= 11 is 0. The third kappa shape index (κ3) is 6.76. The van der Waals surface area contributed by atoms with Crippen LogP contribution in [-0.4, -0.2) is 41.5 Å². The number of likely N-dealkylation sites (N-methyl/N-ethyl adjacent to an activating group) is 1. The molecule has 0 aliphatic carbocycles. The Hall–Kier alpha value is -4.65. The summed E-state index contributed by atoms with van der Waals surface area (Å²) in [5.41, 5.74) is 8.46. The van der Waals surface area contributed by atoms with Crippen LogP contribution in [0.4, 0.5) is 5.69 Å². The van der Waals surface area contributed by atoms with E-state index in [-0.39, 0.29) is 11.8 Å². The smallest absolute Gasteiger partial charge is 0.263 e. The number of anilines is 1. The van der Waals surface area contributed by atoms with Gasteiger partial charge < -0.3 is 10.1 Å². The first-order chi connectivity index (χ1) is 18.5. The Bertz CT molecular complexity index is 1360. The monoisotopic (exact) mass is 508 g/mol. The third-order valence-electron chi connectivity index (χ3n) is 6.23. The first-order valence-corrected chi connectivity index (χ1v) is 12.6. The molecule has 2 N–H and O–H groups in total. The fraction of sp³-hybridized carbons (Fsp3) is 0.194. The van der Waals surface area contributed by atoms with Gasteiger partial charge in [0.2, 0.25) is 0 Å². The van der Waals surface area contributed by atoms with E-state index in [2.05, 4.69) is 15.7 Å². The Morgan fingerprint density at radius 2 is 1.61 bits per heavy atom. The van der Waals surface area contributed by atoms with Gasteiger partial charge in [-0.3, -0.25) is 25.0 Å². The van der Waals surface area contributed by atoms with E-state index in [1.807, 2.05) is 92.7 Å². The lowest BCUT2D eigenvalue weighted by Gasteiger charge is -2.28. The van der Waals surface area contributed by atoms with Crippen LogP contribution in [0.25, 0.3) is 11.1 Å². The van der Waals surface area contributed by atoms with Crippen molar-refractivity contribution < 1.29 is 14.3 Å². The van der Waals surface area contributed by atoms with Crippen LogP contribution in [0.2, 0.25) is 0 Å². The highest BCUT2D eigenvalue weighted by Gasteiger charge is 2.26. The standard InChI is InChI=1S/C31H32N4O3/c1-4-35(34-27-12-14-28(38-3)15-13-27)31(37)29(33-30(36)26-7-5-6-22(2)20-26)21-23-8-10-24(11-9-23)25-16-18-32-19-17-25/h5-20,29,34H,4,21H2,1-3H3,(H,33,36). The molecule has 3 aromatic carbocycles. The summed E-state index contributed by atoms with van der Waals surface area (Å²) in [6.45, 7) is 4.22. The molecule has 1 atom stereocenters. The molecule has 4 rings (SSSR count). The van der Waals surface area contributed by atoms with Gasteiger partial charge in [0.15, 0.2) is 0 Å². The van der Waals surface area contributed by atoms with E-state index in [9.17, 15) is 9.59 Å². The van der Waals surface area contributed by atoms with Gasteiger partial charge in [0.1, 0.15) is 11.8 Å². The molecule has 0 bridgehead atoms. The zero-order chi connectivity index (χ0) is 26.9. The SMILES string of the molecule is CCN(Nc1ccc(OC)cc1)C(=O)C(Cc1ccc(-c2ccncc2)cc1)NC(=O)c1cccc(C)c1. The zero-order valence-electron chi connectivity index (χ0n) is 21.8. The number of hydrazine groups is 1. The van der Waals surface area contributed by atoms with Crippen molar-refractivity contribution in [1.82, 2.24) is 15.3 Å². The molecule has 7 heteroatoms. The van der Waals surface area contributed by atoms with E-state index in [0.29, 0.717) is 18.5 Å². The molecule has 0 spiro atoms. The van der Waals surface area contributed by atoms with E-state index < -0.39 is 6.04 Å². The molecule has 0 aliphatic heterocycles. The highest BCUT2D eigenvalue weighted by molar-refractivity contribution is 5.98. The number of nitrogens with zero attached hydrogens (tertiary/aromatic N) is 2. The molecular formula is C31H32N4O3. The molecule has 0 radical (unpaired) electrons. The van der Waals surface area contributed by atoms with Crippen LogP contribution >= 0.6 is 0 Å². The molecule has 0 saturated heterocycles. The maximum Gasteiger partial charge on any atom is 0.263 e. The number of carbonyl (C=O) groups excluding carboxylic acids is 2. The van der Waals surface area contributed by atoms with Gasteiger partial charge in [-0.25, -0.2) is 0 Å². The molecule has 1 unspecified atom stereocenters. The summed E-state index contributed by atoms with van der Waals surface area (Å²) in [5.74, 6) is 0.201. The molecule has 1 aromatic heterocycles. The Labute approximate surface area is 223 Å². The highest BCUT2D eigenvalue weighted by Crippen LogP contribution is 2.20. The number of hydrogen-bond donors (Lipinski definition) is 2. The average molecular weight is 509 g/mol. The van der Waals surface area contributed by atoms with Gasteiger partial charge in [0, 0.05) is 30.9 Å². The molecule has 194 valence electrons. The van der Waals surface area contributed by atoms with Gasteiger partial charge in [-0.2, -0.15) is 0 Å². The summed E-state index contributed by atoms with van der Waals surface area (Å²) in [6, 6.07) is 25.8. The van der Waals surface area contributed by atoms with Crippen LogP contribution in [-0.2, 0) is 11.2 Å². The molecule has 2 amide bonds. The second kappa shape index (κ2) is 12.5. The van der Waals surface area contributed by atoms with Gasteiger partial charge >= 0.3 is 0 Å². The highest BCUT2D eigenvalue weighted by atomic mass is 16.5. The van der Waals surface area contributed by atoms with Gasteiger partial charge in [-0.15, -0.1) is 0 Å². The van der Waals surface area contributed by atoms with Crippen molar-refractivity contribution in [3.8, 4) is 16.9 Å². The third-order valence-corrected chi connectivity index (χ3v) is 6.23. The van der Waals surface area contributed by atoms with Gasteiger partial charge in [0.05, 0.1) is 12.8 Å². The van der Waals surface area contributed by atoms with E-state index in [1.165, 1.54) is 5.01 Å². The molecule has 0 fully saturated rings. The minimum Gasteiger partial charge on any atom is -0.497 e. The summed E-state index contributed by atoms with van der Waals surface area (Å²) in [4.78, 5) is 31.0. The normalized spacial score (nSPS) is 11.3. The quantitative estimate of drug-likeness (QED) is 0.285. The van der Waals surface area contributed by atoms with Crippen LogP contribution in [0.1, 0.15) is 28.4 Å². The Morgan fingerprint density at radius 3 is 2.24 bits per heavy atom. The van der Waals surface area contributed by atoms with Crippen LogP contribution in [0, 0.1) is 6.92 Å². The summed E-state index contributed by atoms with van der Waals surface area (Å²) in [5, 5.41) is 4.50. The number of benzene rings is 3.